The standard InChI is InChI=1S/C11H16O3/c12-10-8-6-4-2-1-3-5-7-9-11(13)14-10/h4,6H,1-3,5,7-9H2/b6-4+. The Hall–Kier alpha value is -1.12. The minimum atomic E-state index is -0.438. The summed E-state index contributed by atoms with van der Waals surface area (Å²) in [6, 6.07) is 0. The summed E-state index contributed by atoms with van der Waals surface area (Å²) in [4.78, 5) is 22.1. The van der Waals surface area contributed by atoms with Gasteiger partial charge in [-0.15, -0.1) is 0 Å². The molecule has 0 aliphatic carbocycles. The van der Waals surface area contributed by atoms with Crippen molar-refractivity contribution in [3.05, 3.63) is 12.2 Å². The van der Waals surface area contributed by atoms with Crippen molar-refractivity contribution in [1.29, 1.82) is 0 Å². The summed E-state index contributed by atoms with van der Waals surface area (Å²) in [5, 5.41) is 0. The predicted octanol–water partition coefficient (Wildman–Crippen LogP) is 2.36. The first-order valence-corrected chi connectivity index (χ1v) is 5.17. The van der Waals surface area contributed by atoms with Gasteiger partial charge >= 0.3 is 11.9 Å². The van der Waals surface area contributed by atoms with E-state index in [1.807, 2.05) is 6.08 Å². The number of esters is 2. The maximum Gasteiger partial charge on any atom is 0.317 e. The Morgan fingerprint density at radius 1 is 0.929 bits per heavy atom. The van der Waals surface area contributed by atoms with Crippen LogP contribution in [0.15, 0.2) is 12.2 Å². The van der Waals surface area contributed by atoms with Crippen molar-refractivity contribution in [1.82, 2.24) is 0 Å². The molecule has 0 saturated heterocycles. The van der Waals surface area contributed by atoms with E-state index in [1.54, 1.807) is 6.08 Å². The third-order valence-corrected chi connectivity index (χ3v) is 2.18. The second kappa shape index (κ2) is 6.35. The average molecular weight is 196 g/mol. The van der Waals surface area contributed by atoms with Crippen LogP contribution >= 0.6 is 0 Å². The normalized spacial score (nSPS) is 23.1. The molecule has 3 heteroatoms. The van der Waals surface area contributed by atoms with Gasteiger partial charge in [0, 0.05) is 6.42 Å². The van der Waals surface area contributed by atoms with E-state index in [9.17, 15) is 9.59 Å². The van der Waals surface area contributed by atoms with Gasteiger partial charge in [0.15, 0.2) is 0 Å². The monoisotopic (exact) mass is 196 g/mol. The molecule has 0 saturated carbocycles. The largest absolute Gasteiger partial charge is 0.393 e. The Morgan fingerprint density at radius 3 is 2.57 bits per heavy atom. The summed E-state index contributed by atoms with van der Waals surface area (Å²) in [5.74, 6) is -0.823. The van der Waals surface area contributed by atoms with Gasteiger partial charge in [-0.3, -0.25) is 9.59 Å². The molecule has 0 N–H and O–H groups in total. The second-order valence-corrected chi connectivity index (χ2v) is 3.47. The van der Waals surface area contributed by atoms with E-state index >= 15 is 0 Å². The molecular weight excluding hydrogens is 180 g/mol. The zero-order valence-electron chi connectivity index (χ0n) is 8.33. The van der Waals surface area contributed by atoms with Crippen LogP contribution in [-0.2, 0) is 14.3 Å². The first-order valence-electron chi connectivity index (χ1n) is 5.17. The Bertz CT molecular complexity index is 231. The Labute approximate surface area is 84.1 Å². The van der Waals surface area contributed by atoms with Crippen LogP contribution in [0.4, 0.5) is 0 Å². The average Bonchev–Trinajstić information content (AvgIpc) is 2.13. The molecule has 0 bridgehead atoms. The molecule has 14 heavy (non-hydrogen) atoms. The maximum atomic E-state index is 11.0. The molecule has 0 atom stereocenters. The quantitative estimate of drug-likeness (QED) is 0.339. The van der Waals surface area contributed by atoms with Gasteiger partial charge in [0.25, 0.3) is 0 Å². The van der Waals surface area contributed by atoms with Crippen LogP contribution in [0.5, 0.6) is 0 Å². The fourth-order valence-corrected chi connectivity index (χ4v) is 1.40. The summed E-state index contributed by atoms with van der Waals surface area (Å²) in [5.41, 5.74) is 0. The number of carbonyl (C=O) groups excluding carboxylic acids is 2. The molecule has 1 aliphatic heterocycles. The Kier molecular flexibility index (Phi) is 4.97. The van der Waals surface area contributed by atoms with Crippen LogP contribution in [0.1, 0.15) is 44.9 Å². The first kappa shape index (κ1) is 11.0. The molecule has 0 radical (unpaired) electrons. The Balaban J connectivity index is 2.40. The van der Waals surface area contributed by atoms with Crippen molar-refractivity contribution in [2.75, 3.05) is 0 Å². The lowest BCUT2D eigenvalue weighted by molar-refractivity contribution is -0.159. The molecule has 0 aromatic heterocycles. The predicted molar refractivity (Wildman–Crippen MR) is 52.6 cm³/mol. The summed E-state index contributed by atoms with van der Waals surface area (Å²) in [6.07, 6.45) is 9.51. The molecular formula is C11H16O3. The number of cyclic esters (lactones) is 2. The maximum absolute atomic E-state index is 11.0. The molecule has 1 heterocycles. The van der Waals surface area contributed by atoms with Crippen LogP contribution < -0.4 is 0 Å². The van der Waals surface area contributed by atoms with Gasteiger partial charge in [0.05, 0.1) is 6.42 Å². The third kappa shape index (κ3) is 4.80. The third-order valence-electron chi connectivity index (χ3n) is 2.18. The zero-order valence-corrected chi connectivity index (χ0v) is 8.33. The lowest BCUT2D eigenvalue weighted by Gasteiger charge is -2.03. The van der Waals surface area contributed by atoms with E-state index < -0.39 is 5.97 Å². The summed E-state index contributed by atoms with van der Waals surface area (Å²) >= 11 is 0. The summed E-state index contributed by atoms with van der Waals surface area (Å²) in [6.45, 7) is 0. The lowest BCUT2D eigenvalue weighted by Crippen LogP contribution is -2.11. The van der Waals surface area contributed by atoms with Gasteiger partial charge in [-0.1, -0.05) is 25.0 Å². The van der Waals surface area contributed by atoms with Gasteiger partial charge in [0.2, 0.25) is 0 Å². The highest BCUT2D eigenvalue weighted by Crippen LogP contribution is 2.08. The van der Waals surface area contributed by atoms with Crippen LogP contribution in [0.25, 0.3) is 0 Å². The second-order valence-electron chi connectivity index (χ2n) is 3.47. The van der Waals surface area contributed by atoms with Gasteiger partial charge in [-0.25, -0.2) is 0 Å². The SMILES string of the molecule is O=C1C/C=C/CCCCCCC(=O)O1. The van der Waals surface area contributed by atoms with Crippen LogP contribution in [0.3, 0.4) is 0 Å². The molecule has 3 nitrogen and oxygen atoms in total. The molecule has 0 aromatic carbocycles. The highest BCUT2D eigenvalue weighted by Gasteiger charge is 2.08. The molecule has 1 rings (SSSR count). The highest BCUT2D eigenvalue weighted by atomic mass is 16.6. The molecule has 78 valence electrons. The van der Waals surface area contributed by atoms with Crippen molar-refractivity contribution in [3.8, 4) is 0 Å². The lowest BCUT2D eigenvalue weighted by atomic mass is 10.1. The number of hydrogen-bond donors (Lipinski definition) is 0. The van der Waals surface area contributed by atoms with Crippen molar-refractivity contribution < 1.29 is 14.3 Å². The van der Waals surface area contributed by atoms with Crippen LogP contribution in [-0.4, -0.2) is 11.9 Å². The molecule has 0 spiro atoms. The minimum absolute atomic E-state index is 0.214. The minimum Gasteiger partial charge on any atom is -0.393 e. The molecule has 1 aliphatic rings. The van der Waals surface area contributed by atoms with Crippen molar-refractivity contribution in [2.24, 2.45) is 0 Å². The Morgan fingerprint density at radius 2 is 1.71 bits per heavy atom. The topological polar surface area (TPSA) is 43.4 Å². The molecule has 0 fully saturated rings. The fraction of sp³-hybridized carbons (Fsp3) is 0.636. The number of allylic oxidation sites excluding steroid dienone is 1. The number of rotatable bonds is 0. The summed E-state index contributed by atoms with van der Waals surface area (Å²) in [7, 11) is 0. The smallest absolute Gasteiger partial charge is 0.317 e. The van der Waals surface area contributed by atoms with Crippen LogP contribution in [0, 0.1) is 0 Å². The fourth-order valence-electron chi connectivity index (χ4n) is 1.40. The number of hydrogen-bond acceptors (Lipinski definition) is 3. The van der Waals surface area contributed by atoms with Crippen molar-refractivity contribution in [2.45, 2.75) is 44.9 Å². The van der Waals surface area contributed by atoms with Gasteiger partial charge in [0.1, 0.15) is 0 Å². The van der Waals surface area contributed by atoms with Crippen molar-refractivity contribution >= 4 is 11.9 Å². The zero-order chi connectivity index (χ0) is 10.2. The molecule has 0 amide bonds. The van der Waals surface area contributed by atoms with Gasteiger partial charge in [-0.05, 0) is 19.3 Å². The van der Waals surface area contributed by atoms with E-state index in [0.717, 1.165) is 32.1 Å². The van der Waals surface area contributed by atoms with E-state index in [0.29, 0.717) is 6.42 Å². The van der Waals surface area contributed by atoms with E-state index in [1.165, 1.54) is 0 Å². The number of carbonyl (C=O) groups is 2. The highest BCUT2D eigenvalue weighted by molar-refractivity contribution is 5.86. The van der Waals surface area contributed by atoms with E-state index in [4.69, 9.17) is 0 Å². The van der Waals surface area contributed by atoms with Gasteiger partial charge in [-0.2, -0.15) is 0 Å². The van der Waals surface area contributed by atoms with Crippen LogP contribution in [0.2, 0.25) is 0 Å². The molecule has 0 unspecified atom stereocenters. The van der Waals surface area contributed by atoms with E-state index in [2.05, 4.69) is 4.74 Å². The van der Waals surface area contributed by atoms with E-state index in [-0.39, 0.29) is 12.4 Å². The first-order chi connectivity index (χ1) is 6.79. The van der Waals surface area contributed by atoms with Gasteiger partial charge < -0.3 is 4.74 Å². The molecule has 0 aromatic rings. The number of ether oxygens (including phenoxy) is 1. The summed E-state index contributed by atoms with van der Waals surface area (Å²) < 4.78 is 4.59. The van der Waals surface area contributed by atoms with Crippen molar-refractivity contribution in [3.63, 3.8) is 0 Å².